The van der Waals surface area contributed by atoms with Gasteiger partial charge in [-0.25, -0.2) is 0 Å². The molecule has 1 atom stereocenters. The van der Waals surface area contributed by atoms with Gasteiger partial charge in [-0.3, -0.25) is 4.57 Å². The van der Waals surface area contributed by atoms with E-state index in [4.69, 9.17) is 0 Å². The number of hydrogen-bond donors (Lipinski definition) is 1. The fourth-order valence-corrected chi connectivity index (χ4v) is 5.16. The number of rotatable bonds is 3. The molecule has 1 aromatic heterocycles. The van der Waals surface area contributed by atoms with Crippen LogP contribution >= 0.6 is 15.9 Å². The molecule has 1 aromatic carbocycles. The highest BCUT2D eigenvalue weighted by Gasteiger charge is 2.42. The first-order valence-electron chi connectivity index (χ1n) is 10.3. The quantitative estimate of drug-likeness (QED) is 0.658. The Morgan fingerprint density at radius 2 is 1.83 bits per heavy atom. The number of benzene rings is 1. The van der Waals surface area contributed by atoms with Gasteiger partial charge in [0.15, 0.2) is 0 Å². The third-order valence-corrected chi connectivity index (χ3v) is 6.55. The number of alkyl halides is 3. The molecule has 1 aliphatic carbocycles. The van der Waals surface area contributed by atoms with E-state index in [0.29, 0.717) is 18.9 Å². The van der Waals surface area contributed by atoms with Crippen LogP contribution in [0, 0.1) is 5.92 Å². The van der Waals surface area contributed by atoms with Crippen LogP contribution in [0.3, 0.4) is 0 Å². The first-order valence-corrected chi connectivity index (χ1v) is 11.1. The van der Waals surface area contributed by atoms with Crippen LogP contribution in [0.5, 0.6) is 0 Å². The van der Waals surface area contributed by atoms with Crippen LogP contribution < -0.4 is 5.32 Å². The maximum Gasteiger partial charge on any atom is 0.391 e. The van der Waals surface area contributed by atoms with Crippen LogP contribution in [0.15, 0.2) is 22.7 Å². The number of halogens is 4. The summed E-state index contributed by atoms with van der Waals surface area (Å²) >= 11 is 3.57. The van der Waals surface area contributed by atoms with Crippen LogP contribution in [0.2, 0.25) is 0 Å². The van der Waals surface area contributed by atoms with Crippen LogP contribution in [0.4, 0.5) is 13.2 Å². The first kappa shape index (κ1) is 20.8. The van der Waals surface area contributed by atoms with Gasteiger partial charge in [-0.15, -0.1) is 10.2 Å². The zero-order valence-electron chi connectivity index (χ0n) is 16.6. The van der Waals surface area contributed by atoms with Crippen LogP contribution in [-0.2, 0) is 12.8 Å². The van der Waals surface area contributed by atoms with Crippen molar-refractivity contribution in [1.29, 1.82) is 0 Å². The third kappa shape index (κ3) is 4.38. The summed E-state index contributed by atoms with van der Waals surface area (Å²) in [5, 5.41) is 12.6. The summed E-state index contributed by atoms with van der Waals surface area (Å²) in [5.74, 6) is 0.528. The second-order valence-electron chi connectivity index (χ2n) is 8.60. The zero-order valence-corrected chi connectivity index (χ0v) is 18.2. The summed E-state index contributed by atoms with van der Waals surface area (Å²) in [6.45, 7) is 4.25. The predicted octanol–water partition coefficient (Wildman–Crippen LogP) is 5.33. The lowest BCUT2D eigenvalue weighted by Crippen LogP contribution is -2.37. The van der Waals surface area contributed by atoms with Gasteiger partial charge in [-0.05, 0) is 55.9 Å². The summed E-state index contributed by atoms with van der Waals surface area (Å²) in [6, 6.07) is 6.78. The van der Waals surface area contributed by atoms with E-state index in [1.807, 2.05) is 6.07 Å². The Labute approximate surface area is 177 Å². The topological polar surface area (TPSA) is 42.7 Å². The van der Waals surface area contributed by atoms with Gasteiger partial charge in [0.25, 0.3) is 0 Å². The molecule has 4 rings (SSSR count). The number of nitrogens with zero attached hydrogens (tertiary/aromatic N) is 3. The molecule has 2 aromatic rings. The van der Waals surface area contributed by atoms with E-state index in [2.05, 4.69) is 62.0 Å². The maximum absolute atomic E-state index is 13.1. The van der Waals surface area contributed by atoms with E-state index in [0.717, 1.165) is 34.7 Å². The van der Waals surface area contributed by atoms with Crippen molar-refractivity contribution in [2.45, 2.75) is 76.6 Å². The molecule has 0 amide bonds. The van der Waals surface area contributed by atoms with Crippen molar-refractivity contribution in [3.8, 4) is 5.69 Å². The van der Waals surface area contributed by atoms with E-state index in [1.165, 1.54) is 5.56 Å². The average molecular weight is 471 g/mol. The lowest BCUT2D eigenvalue weighted by molar-refractivity contribution is -0.182. The normalized spacial score (nSPS) is 24.9. The molecule has 1 aliphatic heterocycles. The van der Waals surface area contributed by atoms with Gasteiger partial charge in [-0.1, -0.05) is 29.8 Å². The second kappa shape index (κ2) is 8.02. The van der Waals surface area contributed by atoms with E-state index in [9.17, 15) is 13.2 Å². The molecule has 1 unspecified atom stereocenters. The maximum atomic E-state index is 13.1. The minimum Gasteiger partial charge on any atom is -0.311 e. The highest BCUT2D eigenvalue weighted by atomic mass is 79.9. The third-order valence-electron chi connectivity index (χ3n) is 6.06. The largest absolute Gasteiger partial charge is 0.391 e. The van der Waals surface area contributed by atoms with Crippen molar-refractivity contribution >= 4 is 15.9 Å². The molecule has 0 saturated heterocycles. The van der Waals surface area contributed by atoms with Crippen molar-refractivity contribution in [2.24, 2.45) is 5.92 Å². The molecular formula is C21H26BrF3N4. The molecule has 0 spiro atoms. The Hall–Kier alpha value is -1.41. The van der Waals surface area contributed by atoms with Gasteiger partial charge in [0.05, 0.1) is 11.6 Å². The van der Waals surface area contributed by atoms with Gasteiger partial charge in [0.1, 0.15) is 11.6 Å². The SMILES string of the molecule is CC(C)NC1Cc2cc(Br)ccc2-n2c(nnc2[C@H]2CC[C@H](C(F)(F)F)CC2)C1. The molecule has 1 saturated carbocycles. The smallest absolute Gasteiger partial charge is 0.311 e. The van der Waals surface area contributed by atoms with E-state index in [1.54, 1.807) is 0 Å². The Balaban J connectivity index is 1.68. The standard InChI is InChI=1S/C21H26BrF3N4/c1-12(2)26-17-10-14-9-16(22)7-8-18(14)29-19(11-17)27-28-20(29)13-3-5-15(6-4-13)21(23,24)25/h7-9,12-13,15,17,26H,3-6,10-11H2,1-2H3/t13-,15-,17?. The lowest BCUT2D eigenvalue weighted by atomic mass is 9.81. The highest BCUT2D eigenvalue weighted by Crippen LogP contribution is 2.43. The number of hydrogen-bond acceptors (Lipinski definition) is 3. The summed E-state index contributed by atoms with van der Waals surface area (Å²) in [7, 11) is 0. The Bertz CT molecular complexity index is 869. The summed E-state index contributed by atoms with van der Waals surface area (Å²) in [4.78, 5) is 0. The molecule has 8 heteroatoms. The molecule has 158 valence electrons. The predicted molar refractivity (Wildman–Crippen MR) is 109 cm³/mol. The van der Waals surface area contributed by atoms with Crippen molar-refractivity contribution in [2.75, 3.05) is 0 Å². The number of aromatic nitrogens is 3. The fraction of sp³-hybridized carbons (Fsp3) is 0.619. The lowest BCUT2D eigenvalue weighted by Gasteiger charge is -2.29. The first-order chi connectivity index (χ1) is 13.7. The summed E-state index contributed by atoms with van der Waals surface area (Å²) < 4.78 is 42.4. The van der Waals surface area contributed by atoms with E-state index >= 15 is 0 Å². The molecule has 0 radical (unpaired) electrons. The second-order valence-corrected chi connectivity index (χ2v) is 9.52. The zero-order chi connectivity index (χ0) is 20.8. The van der Waals surface area contributed by atoms with Gasteiger partial charge in [-0.2, -0.15) is 13.2 Å². The number of nitrogens with one attached hydrogen (secondary N) is 1. The summed E-state index contributed by atoms with van der Waals surface area (Å²) in [6.07, 6.45) is -1.14. The van der Waals surface area contributed by atoms with Gasteiger partial charge < -0.3 is 5.32 Å². The average Bonchev–Trinajstić information content (AvgIpc) is 2.97. The molecule has 29 heavy (non-hydrogen) atoms. The number of fused-ring (bicyclic) bond motifs is 3. The molecule has 2 heterocycles. The monoisotopic (exact) mass is 470 g/mol. The Morgan fingerprint density at radius 1 is 1.10 bits per heavy atom. The fourth-order valence-electron chi connectivity index (χ4n) is 4.75. The summed E-state index contributed by atoms with van der Waals surface area (Å²) in [5.41, 5.74) is 2.25. The molecule has 4 nitrogen and oxygen atoms in total. The minimum atomic E-state index is -4.10. The van der Waals surface area contributed by atoms with Gasteiger partial charge in [0, 0.05) is 28.9 Å². The van der Waals surface area contributed by atoms with Gasteiger partial charge >= 0.3 is 6.18 Å². The molecule has 1 N–H and O–H groups in total. The Kier molecular flexibility index (Phi) is 5.77. The van der Waals surface area contributed by atoms with E-state index < -0.39 is 12.1 Å². The van der Waals surface area contributed by atoms with Crippen molar-refractivity contribution in [1.82, 2.24) is 20.1 Å². The van der Waals surface area contributed by atoms with Crippen molar-refractivity contribution in [3.63, 3.8) is 0 Å². The molecular weight excluding hydrogens is 445 g/mol. The van der Waals surface area contributed by atoms with Crippen LogP contribution in [0.25, 0.3) is 5.69 Å². The van der Waals surface area contributed by atoms with Crippen LogP contribution in [-0.4, -0.2) is 33.0 Å². The highest BCUT2D eigenvalue weighted by molar-refractivity contribution is 9.10. The van der Waals surface area contributed by atoms with Crippen molar-refractivity contribution < 1.29 is 13.2 Å². The molecule has 0 bridgehead atoms. The van der Waals surface area contributed by atoms with Crippen LogP contribution in [0.1, 0.15) is 62.7 Å². The van der Waals surface area contributed by atoms with Gasteiger partial charge in [0.2, 0.25) is 0 Å². The van der Waals surface area contributed by atoms with E-state index in [-0.39, 0.29) is 24.8 Å². The molecule has 2 aliphatic rings. The van der Waals surface area contributed by atoms with Crippen molar-refractivity contribution in [3.05, 3.63) is 39.9 Å². The molecule has 1 fully saturated rings. The minimum absolute atomic E-state index is 0.0148. The Morgan fingerprint density at radius 3 is 2.48 bits per heavy atom.